The monoisotopic (exact) mass is 315 g/mol. The highest BCUT2D eigenvalue weighted by atomic mass is 16.2. The van der Waals surface area contributed by atoms with Gasteiger partial charge in [0.15, 0.2) is 0 Å². The summed E-state index contributed by atoms with van der Waals surface area (Å²) in [4.78, 5) is 38.7. The average Bonchev–Trinajstić information content (AvgIpc) is 2.81. The van der Waals surface area contributed by atoms with Gasteiger partial charge in [-0.25, -0.2) is 0 Å². The van der Waals surface area contributed by atoms with Gasteiger partial charge < -0.3 is 15.5 Å². The molecule has 1 saturated heterocycles. The number of carbonyl (C=O) groups excluding carboxylic acids is 3. The van der Waals surface area contributed by atoms with Crippen molar-refractivity contribution in [3.8, 4) is 0 Å². The summed E-state index contributed by atoms with van der Waals surface area (Å²) >= 11 is 0. The summed E-state index contributed by atoms with van der Waals surface area (Å²) < 4.78 is 0. The molecular weight excluding hydrogens is 294 g/mol. The van der Waals surface area contributed by atoms with Gasteiger partial charge in [-0.1, -0.05) is 12.1 Å². The molecular formula is C17H21N3O3. The number of amides is 3. The first-order valence-corrected chi connectivity index (χ1v) is 7.91. The Morgan fingerprint density at radius 2 is 1.96 bits per heavy atom. The molecule has 1 aromatic carbocycles. The molecule has 2 N–H and O–H groups in total. The lowest BCUT2D eigenvalue weighted by Gasteiger charge is -2.30. The van der Waals surface area contributed by atoms with Crippen LogP contribution >= 0.6 is 0 Å². The van der Waals surface area contributed by atoms with Gasteiger partial charge in [0.1, 0.15) is 0 Å². The van der Waals surface area contributed by atoms with E-state index in [1.807, 2.05) is 18.2 Å². The first kappa shape index (κ1) is 15.5. The summed E-state index contributed by atoms with van der Waals surface area (Å²) in [5, 5.41) is 0. The van der Waals surface area contributed by atoms with Gasteiger partial charge in [-0.3, -0.25) is 14.4 Å². The largest absolute Gasteiger partial charge is 0.369 e. The fourth-order valence-corrected chi connectivity index (χ4v) is 3.33. The Morgan fingerprint density at radius 1 is 1.26 bits per heavy atom. The molecule has 23 heavy (non-hydrogen) atoms. The fourth-order valence-electron chi connectivity index (χ4n) is 3.33. The molecule has 0 radical (unpaired) electrons. The van der Waals surface area contributed by atoms with Gasteiger partial charge in [0.2, 0.25) is 17.7 Å². The van der Waals surface area contributed by atoms with Crippen LogP contribution in [0.3, 0.4) is 0 Å². The standard InChI is InChI=1S/C17H21N3O3/c1-19-14-3-2-11(8-13(14)10-15(19)21)9-16(22)20-6-4-12(5-7-20)17(18)23/h2-3,8,12H,4-7,9-10H2,1H3,(H2,18,23). The van der Waals surface area contributed by atoms with Crippen molar-refractivity contribution < 1.29 is 14.4 Å². The Labute approximate surface area is 135 Å². The number of nitrogens with two attached hydrogens (primary N) is 1. The van der Waals surface area contributed by atoms with Crippen molar-refractivity contribution >= 4 is 23.4 Å². The molecule has 0 saturated carbocycles. The Hall–Kier alpha value is -2.37. The lowest BCUT2D eigenvalue weighted by molar-refractivity contribution is -0.134. The molecule has 1 fully saturated rings. The minimum Gasteiger partial charge on any atom is -0.369 e. The maximum atomic E-state index is 12.4. The SMILES string of the molecule is CN1C(=O)Cc2cc(CC(=O)N3CCC(C(N)=O)CC3)ccc21. The van der Waals surface area contributed by atoms with Gasteiger partial charge in [-0.2, -0.15) is 0 Å². The fraction of sp³-hybridized carbons (Fsp3) is 0.471. The number of hydrogen-bond donors (Lipinski definition) is 1. The molecule has 0 unspecified atom stereocenters. The number of carbonyl (C=O) groups is 3. The summed E-state index contributed by atoms with van der Waals surface area (Å²) in [6, 6.07) is 5.76. The van der Waals surface area contributed by atoms with Crippen LogP contribution < -0.4 is 10.6 Å². The molecule has 0 atom stereocenters. The third-order valence-corrected chi connectivity index (χ3v) is 4.83. The molecule has 2 heterocycles. The van der Waals surface area contributed by atoms with Crippen molar-refractivity contribution in [2.75, 3.05) is 25.0 Å². The Bertz CT molecular complexity index is 663. The van der Waals surface area contributed by atoms with Crippen molar-refractivity contribution in [1.82, 2.24) is 4.90 Å². The van der Waals surface area contributed by atoms with Crippen LogP contribution in [0.15, 0.2) is 18.2 Å². The number of benzene rings is 1. The molecule has 0 bridgehead atoms. The van der Waals surface area contributed by atoms with E-state index in [9.17, 15) is 14.4 Å². The quantitative estimate of drug-likeness (QED) is 0.880. The molecule has 3 amide bonds. The van der Waals surface area contributed by atoms with Crippen LogP contribution in [-0.2, 0) is 27.2 Å². The van der Waals surface area contributed by atoms with E-state index in [0.29, 0.717) is 38.8 Å². The van der Waals surface area contributed by atoms with Crippen LogP contribution in [0.5, 0.6) is 0 Å². The zero-order valence-electron chi connectivity index (χ0n) is 13.2. The van der Waals surface area contributed by atoms with Crippen molar-refractivity contribution in [3.05, 3.63) is 29.3 Å². The van der Waals surface area contributed by atoms with Crippen LogP contribution in [-0.4, -0.2) is 42.8 Å². The smallest absolute Gasteiger partial charge is 0.231 e. The Kier molecular flexibility index (Phi) is 4.07. The first-order valence-electron chi connectivity index (χ1n) is 7.91. The third-order valence-electron chi connectivity index (χ3n) is 4.83. The van der Waals surface area contributed by atoms with Crippen LogP contribution in [0.2, 0.25) is 0 Å². The minimum absolute atomic E-state index is 0.0607. The van der Waals surface area contributed by atoms with Crippen LogP contribution in [0.1, 0.15) is 24.0 Å². The molecule has 2 aliphatic heterocycles. The third kappa shape index (κ3) is 3.06. The van der Waals surface area contributed by atoms with E-state index in [-0.39, 0.29) is 23.6 Å². The Morgan fingerprint density at radius 3 is 2.61 bits per heavy atom. The van der Waals surface area contributed by atoms with Crippen molar-refractivity contribution in [2.24, 2.45) is 11.7 Å². The number of primary amides is 1. The maximum absolute atomic E-state index is 12.4. The molecule has 1 aromatic rings. The lowest BCUT2D eigenvalue weighted by atomic mass is 9.96. The van der Waals surface area contributed by atoms with Crippen molar-refractivity contribution in [1.29, 1.82) is 0 Å². The number of rotatable bonds is 3. The lowest BCUT2D eigenvalue weighted by Crippen LogP contribution is -2.42. The van der Waals surface area contributed by atoms with Crippen molar-refractivity contribution in [2.45, 2.75) is 25.7 Å². The number of nitrogens with zero attached hydrogens (tertiary/aromatic N) is 2. The first-order chi connectivity index (χ1) is 11.0. The number of piperidine rings is 1. The van der Waals surface area contributed by atoms with E-state index in [0.717, 1.165) is 16.8 Å². The summed E-state index contributed by atoms with van der Waals surface area (Å²) in [6.07, 6.45) is 2.01. The van der Waals surface area contributed by atoms with Crippen molar-refractivity contribution in [3.63, 3.8) is 0 Å². The van der Waals surface area contributed by atoms with Gasteiger partial charge in [-0.15, -0.1) is 0 Å². The summed E-state index contributed by atoms with van der Waals surface area (Å²) in [5.41, 5.74) is 8.14. The molecule has 3 rings (SSSR count). The van der Waals surface area contributed by atoms with Crippen LogP contribution in [0, 0.1) is 5.92 Å². The number of hydrogen-bond acceptors (Lipinski definition) is 3. The predicted octanol–water partition coefficient (Wildman–Crippen LogP) is 0.472. The normalized spacial score (nSPS) is 18.2. The molecule has 2 aliphatic rings. The van der Waals surface area contributed by atoms with Gasteiger partial charge in [0.25, 0.3) is 0 Å². The van der Waals surface area contributed by atoms with Gasteiger partial charge in [0.05, 0.1) is 12.8 Å². The van der Waals surface area contributed by atoms with Gasteiger partial charge in [-0.05, 0) is 30.0 Å². The van der Waals surface area contributed by atoms with E-state index in [2.05, 4.69) is 0 Å². The van der Waals surface area contributed by atoms with Gasteiger partial charge in [0, 0.05) is 31.7 Å². The summed E-state index contributed by atoms with van der Waals surface area (Å²) in [6.45, 7) is 1.16. The topological polar surface area (TPSA) is 83.7 Å². The summed E-state index contributed by atoms with van der Waals surface area (Å²) in [5.74, 6) is -0.243. The molecule has 0 aromatic heterocycles. The maximum Gasteiger partial charge on any atom is 0.231 e. The van der Waals surface area contributed by atoms with Gasteiger partial charge >= 0.3 is 0 Å². The molecule has 6 nitrogen and oxygen atoms in total. The highest BCUT2D eigenvalue weighted by Gasteiger charge is 2.27. The average molecular weight is 315 g/mol. The van der Waals surface area contributed by atoms with E-state index in [1.54, 1.807) is 16.8 Å². The molecule has 0 spiro atoms. The number of anilines is 1. The van der Waals surface area contributed by atoms with E-state index in [1.165, 1.54) is 0 Å². The van der Waals surface area contributed by atoms with E-state index in [4.69, 9.17) is 5.73 Å². The van der Waals surface area contributed by atoms with E-state index >= 15 is 0 Å². The number of likely N-dealkylation sites (N-methyl/N-ethyl adjacent to an activating group) is 1. The molecule has 0 aliphatic carbocycles. The summed E-state index contributed by atoms with van der Waals surface area (Å²) in [7, 11) is 1.77. The zero-order chi connectivity index (χ0) is 16.6. The minimum atomic E-state index is -0.274. The Balaban J connectivity index is 1.62. The molecule has 6 heteroatoms. The van der Waals surface area contributed by atoms with Crippen LogP contribution in [0.25, 0.3) is 0 Å². The number of fused-ring (bicyclic) bond motifs is 1. The second kappa shape index (κ2) is 6.02. The predicted molar refractivity (Wildman–Crippen MR) is 85.8 cm³/mol. The molecule has 122 valence electrons. The number of likely N-dealkylation sites (tertiary alicyclic amines) is 1. The second-order valence-corrected chi connectivity index (χ2v) is 6.33. The second-order valence-electron chi connectivity index (χ2n) is 6.33. The van der Waals surface area contributed by atoms with Crippen LogP contribution in [0.4, 0.5) is 5.69 Å². The highest BCUT2D eigenvalue weighted by molar-refractivity contribution is 6.01. The highest BCUT2D eigenvalue weighted by Crippen LogP contribution is 2.28. The van der Waals surface area contributed by atoms with E-state index < -0.39 is 0 Å². The zero-order valence-corrected chi connectivity index (χ0v) is 13.2.